The van der Waals surface area contributed by atoms with E-state index >= 15 is 0 Å². The smallest absolute Gasteiger partial charge is 0.271 e. The number of hydrogen-bond acceptors (Lipinski definition) is 3. The summed E-state index contributed by atoms with van der Waals surface area (Å²) < 4.78 is 8.18. The van der Waals surface area contributed by atoms with Crippen molar-refractivity contribution in [2.24, 2.45) is 5.10 Å². The minimum atomic E-state index is -0.271. The first-order chi connectivity index (χ1) is 17.2. The van der Waals surface area contributed by atoms with Crippen LogP contribution in [0.4, 0.5) is 0 Å². The molecule has 5 nitrogen and oxygen atoms in total. The van der Waals surface area contributed by atoms with E-state index in [-0.39, 0.29) is 5.91 Å². The minimum absolute atomic E-state index is 0.271. The Kier molecular flexibility index (Phi) is 7.82. The Labute approximate surface area is 221 Å². The second kappa shape index (κ2) is 11.0. The number of carbonyl (C=O) groups is 1. The molecule has 0 saturated heterocycles. The van der Waals surface area contributed by atoms with Crippen LogP contribution in [0.25, 0.3) is 5.69 Å². The Morgan fingerprint density at radius 3 is 2.17 bits per heavy atom. The maximum absolute atomic E-state index is 12.6. The molecule has 0 unspecified atom stereocenters. The van der Waals surface area contributed by atoms with Crippen molar-refractivity contribution < 1.29 is 9.53 Å². The summed E-state index contributed by atoms with van der Waals surface area (Å²) in [5, 5.41) is 5.30. The number of nitrogens with one attached hydrogen (secondary N) is 1. The second-order valence-corrected chi connectivity index (χ2v) is 9.55. The van der Waals surface area contributed by atoms with Gasteiger partial charge < -0.3 is 9.30 Å². The predicted molar refractivity (Wildman–Crippen MR) is 147 cm³/mol. The van der Waals surface area contributed by atoms with E-state index in [1.165, 1.54) is 0 Å². The van der Waals surface area contributed by atoms with Crippen molar-refractivity contribution in [3.8, 4) is 11.4 Å². The minimum Gasteiger partial charge on any atom is -0.488 e. The van der Waals surface area contributed by atoms with Gasteiger partial charge in [-0.05, 0) is 105 Å². The van der Waals surface area contributed by atoms with Gasteiger partial charge in [0.2, 0.25) is 0 Å². The quantitative estimate of drug-likeness (QED) is 0.205. The van der Waals surface area contributed by atoms with Crippen molar-refractivity contribution in [2.75, 3.05) is 0 Å². The number of aryl methyl sites for hydroxylation is 4. The molecule has 0 bridgehead atoms. The summed E-state index contributed by atoms with van der Waals surface area (Å²) in [6, 6.07) is 20.9. The van der Waals surface area contributed by atoms with Crippen LogP contribution in [-0.2, 0) is 6.61 Å². The zero-order valence-electron chi connectivity index (χ0n) is 20.6. The third-order valence-electron chi connectivity index (χ3n) is 5.91. The highest BCUT2D eigenvalue weighted by Gasteiger charge is 2.10. The van der Waals surface area contributed by atoms with Gasteiger partial charge in [0.15, 0.2) is 0 Å². The van der Waals surface area contributed by atoms with Crippen molar-refractivity contribution in [3.63, 3.8) is 0 Å². The highest BCUT2D eigenvalue weighted by Crippen LogP contribution is 2.27. The zero-order valence-corrected chi connectivity index (χ0v) is 22.1. The molecule has 0 aliphatic heterocycles. The molecule has 1 aromatic heterocycles. The molecule has 0 fully saturated rings. The van der Waals surface area contributed by atoms with E-state index in [9.17, 15) is 4.79 Å². The molecule has 0 aliphatic carbocycles. The van der Waals surface area contributed by atoms with Crippen molar-refractivity contribution in [2.45, 2.75) is 34.3 Å². The first kappa shape index (κ1) is 25.5. The fourth-order valence-electron chi connectivity index (χ4n) is 4.14. The van der Waals surface area contributed by atoms with Crippen molar-refractivity contribution in [1.29, 1.82) is 0 Å². The van der Waals surface area contributed by atoms with Crippen LogP contribution in [0.2, 0.25) is 10.0 Å². The van der Waals surface area contributed by atoms with Crippen LogP contribution in [0.15, 0.2) is 71.8 Å². The van der Waals surface area contributed by atoms with Gasteiger partial charge in [-0.25, -0.2) is 5.43 Å². The van der Waals surface area contributed by atoms with Crippen LogP contribution >= 0.6 is 23.2 Å². The van der Waals surface area contributed by atoms with E-state index in [4.69, 9.17) is 27.9 Å². The summed E-state index contributed by atoms with van der Waals surface area (Å²) in [5.74, 6) is 0.516. The number of hydrogen-bond donors (Lipinski definition) is 1. The number of halogens is 2. The van der Waals surface area contributed by atoms with E-state index in [0.717, 1.165) is 45.1 Å². The largest absolute Gasteiger partial charge is 0.488 e. The lowest BCUT2D eigenvalue weighted by Crippen LogP contribution is -2.17. The molecule has 0 spiro atoms. The van der Waals surface area contributed by atoms with Gasteiger partial charge in [0, 0.05) is 38.2 Å². The van der Waals surface area contributed by atoms with E-state index in [2.05, 4.69) is 41.1 Å². The molecule has 0 radical (unpaired) electrons. The summed E-state index contributed by atoms with van der Waals surface area (Å²) in [4.78, 5) is 12.6. The first-order valence-corrected chi connectivity index (χ1v) is 12.3. The molecule has 1 amide bonds. The van der Waals surface area contributed by atoms with Crippen LogP contribution in [-0.4, -0.2) is 16.7 Å². The number of hydrazone groups is 1. The highest BCUT2D eigenvalue weighted by atomic mass is 35.5. The molecular weight excluding hydrogens is 493 g/mol. The average molecular weight is 520 g/mol. The molecule has 4 rings (SSSR count). The van der Waals surface area contributed by atoms with Crippen molar-refractivity contribution >= 4 is 35.3 Å². The molecule has 36 heavy (non-hydrogen) atoms. The number of aromatic nitrogens is 1. The molecule has 0 aliphatic rings. The molecule has 184 valence electrons. The maximum atomic E-state index is 12.6. The monoisotopic (exact) mass is 519 g/mol. The fourth-order valence-corrected chi connectivity index (χ4v) is 4.61. The first-order valence-electron chi connectivity index (χ1n) is 11.5. The van der Waals surface area contributed by atoms with E-state index in [1.807, 2.05) is 44.2 Å². The Bertz CT molecular complexity index is 1400. The third-order valence-corrected chi connectivity index (χ3v) is 6.50. The van der Waals surface area contributed by atoms with Gasteiger partial charge in [-0.1, -0.05) is 29.3 Å². The molecule has 0 saturated carbocycles. The molecule has 3 aromatic carbocycles. The van der Waals surface area contributed by atoms with Crippen LogP contribution < -0.4 is 10.2 Å². The molecule has 1 heterocycles. The molecule has 7 heteroatoms. The summed E-state index contributed by atoms with van der Waals surface area (Å²) in [7, 11) is 0. The lowest BCUT2D eigenvalue weighted by Gasteiger charge is -2.14. The van der Waals surface area contributed by atoms with Crippen LogP contribution in [0, 0.1) is 27.7 Å². The van der Waals surface area contributed by atoms with Gasteiger partial charge in [0.25, 0.3) is 5.91 Å². The zero-order chi connectivity index (χ0) is 25.8. The van der Waals surface area contributed by atoms with E-state index in [1.54, 1.807) is 30.5 Å². The summed E-state index contributed by atoms with van der Waals surface area (Å²) >= 11 is 12.2. The Morgan fingerprint density at radius 1 is 0.917 bits per heavy atom. The summed E-state index contributed by atoms with van der Waals surface area (Å²) in [5.41, 5.74) is 10.1. The number of amides is 1. The van der Waals surface area contributed by atoms with Gasteiger partial charge in [-0.3, -0.25) is 4.79 Å². The highest BCUT2D eigenvalue weighted by molar-refractivity contribution is 6.35. The van der Waals surface area contributed by atoms with E-state index in [0.29, 0.717) is 22.2 Å². The van der Waals surface area contributed by atoms with Crippen LogP contribution in [0.3, 0.4) is 0 Å². The van der Waals surface area contributed by atoms with E-state index < -0.39 is 0 Å². The molecular formula is C29H27Cl2N3O2. The number of nitrogens with zero attached hydrogens (tertiary/aromatic N) is 2. The van der Waals surface area contributed by atoms with Gasteiger partial charge >= 0.3 is 0 Å². The number of carbonyl (C=O) groups excluding carboxylic acids is 1. The molecule has 4 aromatic rings. The average Bonchev–Trinajstić information content (AvgIpc) is 3.17. The fraction of sp³-hybridized carbons (Fsp3) is 0.172. The lowest BCUT2D eigenvalue weighted by atomic mass is 10.1. The van der Waals surface area contributed by atoms with Gasteiger partial charge in [0.05, 0.1) is 6.21 Å². The topological polar surface area (TPSA) is 55.6 Å². The van der Waals surface area contributed by atoms with Gasteiger partial charge in [-0.2, -0.15) is 5.10 Å². The normalized spacial score (nSPS) is 11.2. The van der Waals surface area contributed by atoms with Crippen molar-refractivity contribution in [1.82, 2.24) is 9.99 Å². The van der Waals surface area contributed by atoms with Crippen LogP contribution in [0.5, 0.6) is 5.75 Å². The second-order valence-electron chi connectivity index (χ2n) is 8.71. The molecule has 0 atom stereocenters. The number of benzene rings is 3. The Hall–Kier alpha value is -3.54. The predicted octanol–water partition coefficient (Wildman–Crippen LogP) is 7.36. The van der Waals surface area contributed by atoms with Gasteiger partial charge in [-0.15, -0.1) is 0 Å². The third kappa shape index (κ3) is 5.81. The summed E-state index contributed by atoms with van der Waals surface area (Å²) in [6.07, 6.45) is 1.62. The Morgan fingerprint density at radius 2 is 1.56 bits per heavy atom. The van der Waals surface area contributed by atoms with Crippen LogP contribution in [0.1, 0.15) is 44.0 Å². The Balaban J connectivity index is 1.39. The standard InChI is InChI=1S/C29H27Cl2N3O2/c1-18-13-22(14-19(2)28(18)36-17-24-7-10-25(30)15-27(24)31)16-32-33-29(35)23-8-11-26(12-9-23)34-20(3)5-6-21(34)4/h5-16H,17H2,1-4H3,(H,33,35)/b32-16-. The van der Waals surface area contributed by atoms with Gasteiger partial charge in [0.1, 0.15) is 12.4 Å². The molecule has 1 N–H and O–H groups in total. The number of rotatable bonds is 7. The SMILES string of the molecule is Cc1cc(/C=N\NC(=O)c2ccc(-n3c(C)ccc3C)cc2)cc(C)c1OCc1ccc(Cl)cc1Cl. The lowest BCUT2D eigenvalue weighted by molar-refractivity contribution is 0.0955. The number of ether oxygens (including phenoxy) is 1. The maximum Gasteiger partial charge on any atom is 0.271 e. The van der Waals surface area contributed by atoms with Crippen molar-refractivity contribution in [3.05, 3.63) is 116 Å². The summed E-state index contributed by atoms with van der Waals surface area (Å²) in [6.45, 7) is 8.39.